The highest BCUT2D eigenvalue weighted by Crippen LogP contribution is 2.27. The summed E-state index contributed by atoms with van der Waals surface area (Å²) in [5, 5.41) is 3.21. The molecule has 1 N–H and O–H groups in total. The van der Waals surface area contributed by atoms with Crippen molar-refractivity contribution in [1.29, 1.82) is 0 Å². The van der Waals surface area contributed by atoms with Gasteiger partial charge in [-0.15, -0.1) is 0 Å². The van der Waals surface area contributed by atoms with Crippen molar-refractivity contribution in [3.63, 3.8) is 0 Å². The quantitative estimate of drug-likeness (QED) is 0.655. The van der Waals surface area contributed by atoms with Crippen LogP contribution in [-0.4, -0.2) is 62.2 Å². The van der Waals surface area contributed by atoms with Crippen LogP contribution in [-0.2, 0) is 0 Å². The number of hydrogen-bond donors (Lipinski definition) is 1. The second-order valence-corrected chi connectivity index (χ2v) is 4.92. The second kappa shape index (κ2) is 5.83. The molecule has 0 unspecified atom stereocenters. The molecule has 15 heavy (non-hydrogen) atoms. The Bertz CT molecular complexity index is 172. The Balaban J connectivity index is 1.53. The predicted molar refractivity (Wildman–Crippen MR) is 64.2 cm³/mol. The van der Waals surface area contributed by atoms with Crippen LogP contribution >= 0.6 is 0 Å². The summed E-state index contributed by atoms with van der Waals surface area (Å²) in [4.78, 5) is 5.32. The van der Waals surface area contributed by atoms with Gasteiger partial charge in [0.05, 0.1) is 0 Å². The maximum atomic E-state index is 3.21. The van der Waals surface area contributed by atoms with Crippen molar-refractivity contribution < 1.29 is 0 Å². The number of unbranched alkanes of at least 4 members (excludes halogenated alkanes) is 1. The molecule has 0 aromatic heterocycles. The molecule has 0 spiro atoms. The molecule has 0 radical (unpaired) electrons. The first-order valence-electron chi connectivity index (χ1n) is 6.51. The van der Waals surface area contributed by atoms with Crippen LogP contribution < -0.4 is 5.32 Å². The smallest absolute Gasteiger partial charge is 0.0113 e. The van der Waals surface area contributed by atoms with Crippen molar-refractivity contribution in [2.24, 2.45) is 0 Å². The number of nitrogens with one attached hydrogen (secondary N) is 1. The molecule has 1 heterocycles. The Morgan fingerprint density at radius 2 is 1.80 bits per heavy atom. The Kier molecular flexibility index (Phi) is 4.42. The summed E-state index contributed by atoms with van der Waals surface area (Å²) in [7, 11) is 2.04. The second-order valence-electron chi connectivity index (χ2n) is 4.92. The van der Waals surface area contributed by atoms with Crippen LogP contribution in [0.3, 0.4) is 0 Å². The van der Waals surface area contributed by atoms with Gasteiger partial charge in [0.1, 0.15) is 0 Å². The third kappa shape index (κ3) is 3.74. The molecular weight excluding hydrogens is 186 g/mol. The third-order valence-electron chi connectivity index (χ3n) is 3.62. The Hall–Kier alpha value is -0.120. The molecule has 3 heteroatoms. The molecule has 1 aliphatic carbocycles. The first kappa shape index (κ1) is 11.4. The summed E-state index contributed by atoms with van der Waals surface area (Å²) in [5.74, 6) is 0. The van der Waals surface area contributed by atoms with Crippen molar-refractivity contribution >= 4 is 0 Å². The summed E-state index contributed by atoms with van der Waals surface area (Å²) < 4.78 is 0. The van der Waals surface area contributed by atoms with Crippen molar-refractivity contribution in [2.45, 2.75) is 31.7 Å². The van der Waals surface area contributed by atoms with Gasteiger partial charge in [-0.1, -0.05) is 0 Å². The van der Waals surface area contributed by atoms with Gasteiger partial charge in [-0.2, -0.15) is 0 Å². The van der Waals surface area contributed by atoms with Crippen LogP contribution in [0.5, 0.6) is 0 Å². The minimum absolute atomic E-state index is 0.969. The molecule has 1 saturated carbocycles. The molecular formula is C12H25N3. The van der Waals surface area contributed by atoms with Gasteiger partial charge in [-0.3, -0.25) is 4.90 Å². The number of piperazine rings is 1. The number of hydrogen-bond acceptors (Lipinski definition) is 3. The van der Waals surface area contributed by atoms with Crippen LogP contribution in [0.1, 0.15) is 25.7 Å². The van der Waals surface area contributed by atoms with E-state index < -0.39 is 0 Å². The molecule has 0 aromatic rings. The summed E-state index contributed by atoms with van der Waals surface area (Å²) in [6.07, 6.45) is 5.59. The Morgan fingerprint density at radius 3 is 2.40 bits per heavy atom. The van der Waals surface area contributed by atoms with Crippen molar-refractivity contribution in [1.82, 2.24) is 15.1 Å². The van der Waals surface area contributed by atoms with Gasteiger partial charge in [0.15, 0.2) is 0 Å². The topological polar surface area (TPSA) is 18.5 Å². The molecule has 3 nitrogen and oxygen atoms in total. The van der Waals surface area contributed by atoms with E-state index in [9.17, 15) is 0 Å². The van der Waals surface area contributed by atoms with E-state index in [4.69, 9.17) is 0 Å². The van der Waals surface area contributed by atoms with E-state index in [0.29, 0.717) is 0 Å². The summed E-state index contributed by atoms with van der Waals surface area (Å²) in [6, 6.07) is 0.969. The average Bonchev–Trinajstić information content (AvgIpc) is 3.09. The van der Waals surface area contributed by atoms with Crippen molar-refractivity contribution in [2.75, 3.05) is 46.3 Å². The summed E-state index contributed by atoms with van der Waals surface area (Å²) >= 11 is 0. The lowest BCUT2D eigenvalue weighted by molar-refractivity contribution is 0.125. The third-order valence-corrected chi connectivity index (χ3v) is 3.62. The van der Waals surface area contributed by atoms with E-state index in [0.717, 1.165) is 6.04 Å². The maximum Gasteiger partial charge on any atom is 0.0113 e. The first-order valence-corrected chi connectivity index (χ1v) is 6.51. The average molecular weight is 211 g/mol. The van der Waals surface area contributed by atoms with E-state index >= 15 is 0 Å². The van der Waals surface area contributed by atoms with Gasteiger partial charge in [0.2, 0.25) is 0 Å². The Morgan fingerprint density at radius 1 is 1.07 bits per heavy atom. The predicted octanol–water partition coefficient (Wildman–Crippen LogP) is 0.766. The normalized spacial score (nSPS) is 24.6. The zero-order chi connectivity index (χ0) is 10.5. The SMILES string of the molecule is CNCCCCN1CCN(C2CC2)CC1. The largest absolute Gasteiger partial charge is 0.320 e. The fraction of sp³-hybridized carbons (Fsp3) is 1.00. The van der Waals surface area contributed by atoms with Gasteiger partial charge in [0, 0.05) is 32.2 Å². The molecule has 0 aromatic carbocycles. The van der Waals surface area contributed by atoms with Crippen LogP contribution in [0.2, 0.25) is 0 Å². The number of nitrogens with zero attached hydrogens (tertiary/aromatic N) is 2. The van der Waals surface area contributed by atoms with Gasteiger partial charge in [0.25, 0.3) is 0 Å². The lowest BCUT2D eigenvalue weighted by Gasteiger charge is -2.34. The zero-order valence-corrected chi connectivity index (χ0v) is 10.0. The monoisotopic (exact) mass is 211 g/mol. The maximum absolute atomic E-state index is 3.21. The van der Waals surface area contributed by atoms with Crippen molar-refractivity contribution in [3.05, 3.63) is 0 Å². The van der Waals surface area contributed by atoms with Crippen molar-refractivity contribution in [3.8, 4) is 0 Å². The fourth-order valence-corrected chi connectivity index (χ4v) is 2.43. The van der Waals surface area contributed by atoms with Gasteiger partial charge in [-0.05, 0) is 45.8 Å². The Labute approximate surface area is 93.8 Å². The van der Waals surface area contributed by atoms with Gasteiger partial charge < -0.3 is 10.2 Å². The minimum Gasteiger partial charge on any atom is -0.320 e. The molecule has 2 aliphatic rings. The van der Waals surface area contributed by atoms with Crippen LogP contribution in [0, 0.1) is 0 Å². The molecule has 1 saturated heterocycles. The molecule has 2 rings (SSSR count). The lowest BCUT2D eigenvalue weighted by atomic mass is 10.2. The van der Waals surface area contributed by atoms with E-state index in [1.807, 2.05) is 7.05 Å². The van der Waals surface area contributed by atoms with Crippen LogP contribution in [0.15, 0.2) is 0 Å². The summed E-state index contributed by atoms with van der Waals surface area (Å²) in [6.45, 7) is 7.71. The van der Waals surface area contributed by atoms with Crippen LogP contribution in [0.4, 0.5) is 0 Å². The fourth-order valence-electron chi connectivity index (χ4n) is 2.43. The highest BCUT2D eigenvalue weighted by molar-refractivity contribution is 4.87. The number of rotatable bonds is 6. The molecule has 0 bridgehead atoms. The standard InChI is InChI=1S/C12H25N3/c1-13-6-2-3-7-14-8-10-15(11-9-14)12-4-5-12/h12-13H,2-11H2,1H3. The van der Waals surface area contributed by atoms with Gasteiger partial charge >= 0.3 is 0 Å². The van der Waals surface area contributed by atoms with Gasteiger partial charge in [-0.25, -0.2) is 0 Å². The molecule has 0 amide bonds. The minimum atomic E-state index is 0.969. The van der Waals surface area contributed by atoms with E-state index in [1.165, 1.54) is 65.0 Å². The zero-order valence-electron chi connectivity index (χ0n) is 10.0. The van der Waals surface area contributed by atoms with Crippen LogP contribution in [0.25, 0.3) is 0 Å². The van der Waals surface area contributed by atoms with E-state index in [-0.39, 0.29) is 0 Å². The molecule has 1 aliphatic heterocycles. The molecule has 88 valence electrons. The highest BCUT2D eigenvalue weighted by Gasteiger charge is 2.30. The van der Waals surface area contributed by atoms with E-state index in [1.54, 1.807) is 0 Å². The first-order chi connectivity index (χ1) is 7.40. The summed E-state index contributed by atoms with van der Waals surface area (Å²) in [5.41, 5.74) is 0. The molecule has 0 atom stereocenters. The molecule has 2 fully saturated rings. The lowest BCUT2D eigenvalue weighted by Crippen LogP contribution is -2.47. The highest BCUT2D eigenvalue weighted by atomic mass is 15.3. The van der Waals surface area contributed by atoms with E-state index in [2.05, 4.69) is 15.1 Å².